The van der Waals surface area contributed by atoms with Crippen molar-refractivity contribution in [1.82, 2.24) is 19.7 Å². The second kappa shape index (κ2) is 8.29. The Labute approximate surface area is 197 Å². The molecule has 0 aromatic carbocycles. The first-order valence-corrected chi connectivity index (χ1v) is 11.3. The highest BCUT2D eigenvalue weighted by molar-refractivity contribution is 7.15. The summed E-state index contributed by atoms with van der Waals surface area (Å²) in [4.78, 5) is 29.1. The van der Waals surface area contributed by atoms with Gasteiger partial charge in [-0.25, -0.2) is 8.78 Å². The van der Waals surface area contributed by atoms with Crippen molar-refractivity contribution in [3.05, 3.63) is 51.1 Å². The molecule has 1 unspecified atom stereocenters. The minimum Gasteiger partial charge on any atom is -0.494 e. The van der Waals surface area contributed by atoms with E-state index in [9.17, 15) is 18.4 Å². The van der Waals surface area contributed by atoms with Crippen LogP contribution in [-0.4, -0.2) is 32.8 Å². The van der Waals surface area contributed by atoms with Gasteiger partial charge in [-0.15, -0.1) is 10.2 Å². The molecule has 2 aliphatic carbocycles. The van der Waals surface area contributed by atoms with Gasteiger partial charge in [0, 0.05) is 36.4 Å². The summed E-state index contributed by atoms with van der Waals surface area (Å²) in [5.74, 6) is 6.20. The van der Waals surface area contributed by atoms with Crippen molar-refractivity contribution in [2.24, 2.45) is 18.4 Å². The molecule has 5 rings (SSSR count). The first-order chi connectivity index (χ1) is 16.3. The molecule has 0 bridgehead atoms. The number of halogens is 2. The third kappa shape index (κ3) is 4.17. The number of pyridine rings is 2. The smallest absolute Gasteiger partial charge is 0.280 e. The molecule has 1 N–H and O–H groups in total. The SMILES string of the molecule is COc1cnc(C(F)F)cc1-c1cn(C)c(=O)cc1C(=O)Nc1nnc(C#CC2CC23CC3)s1. The van der Waals surface area contributed by atoms with Gasteiger partial charge in [-0.3, -0.25) is 19.9 Å². The highest BCUT2D eigenvalue weighted by atomic mass is 32.1. The van der Waals surface area contributed by atoms with E-state index in [2.05, 4.69) is 32.3 Å². The number of carbonyl (C=O) groups is 1. The lowest BCUT2D eigenvalue weighted by Crippen LogP contribution is -2.22. The number of nitrogens with one attached hydrogen (secondary N) is 1. The van der Waals surface area contributed by atoms with Crippen LogP contribution >= 0.6 is 11.3 Å². The van der Waals surface area contributed by atoms with Crippen molar-refractivity contribution in [1.29, 1.82) is 0 Å². The number of hydrogen-bond acceptors (Lipinski definition) is 7. The molecule has 0 saturated heterocycles. The first kappa shape index (κ1) is 22.2. The van der Waals surface area contributed by atoms with Crippen molar-refractivity contribution in [3.63, 3.8) is 0 Å². The number of rotatable bonds is 5. The lowest BCUT2D eigenvalue weighted by molar-refractivity contribution is 0.102. The number of methoxy groups -OCH3 is 1. The van der Waals surface area contributed by atoms with Gasteiger partial charge < -0.3 is 9.30 Å². The van der Waals surface area contributed by atoms with Crippen molar-refractivity contribution in [3.8, 4) is 28.7 Å². The highest BCUT2D eigenvalue weighted by Crippen LogP contribution is 2.70. The Kier molecular flexibility index (Phi) is 5.40. The van der Waals surface area contributed by atoms with Crippen LogP contribution in [0.3, 0.4) is 0 Å². The van der Waals surface area contributed by atoms with Gasteiger partial charge in [0.05, 0.1) is 18.9 Å². The molecule has 1 atom stereocenters. The van der Waals surface area contributed by atoms with Crippen LogP contribution in [0.4, 0.5) is 13.9 Å². The molecule has 34 heavy (non-hydrogen) atoms. The van der Waals surface area contributed by atoms with E-state index in [0.29, 0.717) is 16.3 Å². The van der Waals surface area contributed by atoms with E-state index in [-0.39, 0.29) is 27.6 Å². The highest BCUT2D eigenvalue weighted by Gasteiger charge is 2.62. The van der Waals surface area contributed by atoms with Gasteiger partial charge in [0.25, 0.3) is 17.9 Å². The van der Waals surface area contributed by atoms with Gasteiger partial charge in [-0.2, -0.15) is 0 Å². The predicted octanol–water partition coefficient (Wildman–Crippen LogP) is 3.65. The standard InChI is InChI=1S/C23H19F2N5O3S/c1-30-11-15(13-7-16(20(24)25)26-10-17(13)33-2)14(8-19(30)31)21(32)27-22-29-28-18(34-22)4-3-12-9-23(12)5-6-23/h7-8,10-12,20H,5-6,9H2,1-2H3,(H,27,29,32). The Morgan fingerprint density at radius 1 is 1.32 bits per heavy atom. The topological polar surface area (TPSA) is 99.0 Å². The van der Waals surface area contributed by atoms with Crippen molar-refractivity contribution in [2.45, 2.75) is 25.7 Å². The molecule has 1 spiro atoms. The maximum absolute atomic E-state index is 13.3. The largest absolute Gasteiger partial charge is 0.494 e. The molecule has 3 aromatic rings. The van der Waals surface area contributed by atoms with Crippen molar-refractivity contribution < 1.29 is 18.3 Å². The Hall–Kier alpha value is -3.65. The van der Waals surface area contributed by atoms with Crippen LogP contribution in [0.1, 0.15) is 46.7 Å². The number of aryl methyl sites for hydroxylation is 1. The maximum atomic E-state index is 13.3. The minimum absolute atomic E-state index is 0.0238. The molecule has 3 aromatic heterocycles. The van der Waals surface area contributed by atoms with E-state index in [1.54, 1.807) is 0 Å². The second-order valence-corrected chi connectivity index (χ2v) is 9.39. The molecule has 2 saturated carbocycles. The summed E-state index contributed by atoms with van der Waals surface area (Å²) >= 11 is 1.12. The normalized spacial score (nSPS) is 17.3. The molecule has 2 fully saturated rings. The summed E-state index contributed by atoms with van der Waals surface area (Å²) in [5, 5.41) is 11.3. The van der Waals surface area contributed by atoms with Gasteiger partial charge in [0.1, 0.15) is 11.4 Å². The molecule has 174 valence electrons. The molecule has 0 aliphatic heterocycles. The number of nitrogens with zero attached hydrogens (tertiary/aromatic N) is 4. The monoisotopic (exact) mass is 483 g/mol. The Balaban J connectivity index is 1.45. The number of ether oxygens (including phenoxy) is 1. The number of anilines is 1. The molecule has 1 amide bonds. The third-order valence-corrected chi connectivity index (χ3v) is 6.93. The molecule has 11 heteroatoms. The number of carbonyl (C=O) groups excluding carboxylic acids is 1. The van der Waals surface area contributed by atoms with Gasteiger partial charge in [0.2, 0.25) is 5.13 Å². The van der Waals surface area contributed by atoms with E-state index in [1.165, 1.54) is 37.8 Å². The van der Waals surface area contributed by atoms with Gasteiger partial charge in [-0.1, -0.05) is 17.3 Å². The zero-order valence-corrected chi connectivity index (χ0v) is 19.1. The van der Waals surface area contributed by atoms with Crippen LogP contribution in [-0.2, 0) is 7.05 Å². The van der Waals surface area contributed by atoms with Gasteiger partial charge >= 0.3 is 0 Å². The van der Waals surface area contributed by atoms with E-state index in [1.807, 2.05) is 0 Å². The first-order valence-electron chi connectivity index (χ1n) is 10.5. The van der Waals surface area contributed by atoms with Crippen LogP contribution in [0.25, 0.3) is 11.1 Å². The fourth-order valence-corrected chi connectivity index (χ4v) is 4.49. The zero-order chi connectivity index (χ0) is 24.0. The van der Waals surface area contributed by atoms with Gasteiger partial charge in [-0.05, 0) is 36.7 Å². The van der Waals surface area contributed by atoms with Crippen LogP contribution < -0.4 is 15.6 Å². The number of amides is 1. The van der Waals surface area contributed by atoms with E-state index in [4.69, 9.17) is 4.74 Å². The van der Waals surface area contributed by atoms with Crippen molar-refractivity contribution in [2.75, 3.05) is 12.4 Å². The van der Waals surface area contributed by atoms with Crippen LogP contribution in [0.15, 0.2) is 29.3 Å². The fraction of sp³-hybridized carbons (Fsp3) is 0.348. The summed E-state index contributed by atoms with van der Waals surface area (Å²) in [7, 11) is 2.86. The second-order valence-electron chi connectivity index (χ2n) is 8.41. The summed E-state index contributed by atoms with van der Waals surface area (Å²) in [6.45, 7) is 0. The minimum atomic E-state index is -2.82. The van der Waals surface area contributed by atoms with Crippen molar-refractivity contribution >= 4 is 22.4 Å². The third-order valence-electron chi connectivity index (χ3n) is 6.18. The Bertz CT molecular complexity index is 1420. The van der Waals surface area contributed by atoms with E-state index < -0.39 is 23.6 Å². The summed E-state index contributed by atoms with van der Waals surface area (Å²) in [6, 6.07) is 2.28. The maximum Gasteiger partial charge on any atom is 0.280 e. The van der Waals surface area contributed by atoms with Crippen LogP contribution in [0, 0.1) is 23.2 Å². The summed E-state index contributed by atoms with van der Waals surface area (Å²) in [6.07, 6.45) is 3.35. The number of hydrogen-bond donors (Lipinski definition) is 1. The number of aromatic nitrogens is 4. The number of alkyl halides is 2. The summed E-state index contributed by atoms with van der Waals surface area (Å²) in [5.41, 5.74) is -0.0536. The average Bonchev–Trinajstić information content (AvgIpc) is 3.70. The zero-order valence-electron chi connectivity index (χ0n) is 18.3. The fourth-order valence-electron chi connectivity index (χ4n) is 3.89. The quantitative estimate of drug-likeness (QED) is 0.557. The molecule has 3 heterocycles. The molecular formula is C23H19F2N5O3S. The molecular weight excluding hydrogens is 464 g/mol. The Morgan fingerprint density at radius 2 is 2.12 bits per heavy atom. The van der Waals surface area contributed by atoms with E-state index >= 15 is 0 Å². The lowest BCUT2D eigenvalue weighted by Gasteiger charge is -2.14. The summed E-state index contributed by atoms with van der Waals surface area (Å²) < 4.78 is 33.1. The van der Waals surface area contributed by atoms with Crippen LogP contribution in [0.5, 0.6) is 5.75 Å². The molecule has 2 aliphatic rings. The lowest BCUT2D eigenvalue weighted by atomic mass is 10.0. The molecule has 0 radical (unpaired) electrons. The Morgan fingerprint density at radius 3 is 2.79 bits per heavy atom. The predicted molar refractivity (Wildman–Crippen MR) is 121 cm³/mol. The van der Waals surface area contributed by atoms with E-state index in [0.717, 1.165) is 36.1 Å². The average molecular weight is 484 g/mol. The van der Waals surface area contributed by atoms with Crippen LogP contribution in [0.2, 0.25) is 0 Å². The van der Waals surface area contributed by atoms with Gasteiger partial charge in [0.15, 0.2) is 5.01 Å². The molecule has 8 nitrogen and oxygen atoms in total.